The van der Waals surface area contributed by atoms with Crippen molar-refractivity contribution in [3.63, 3.8) is 0 Å². The molecule has 1 heterocycles. The minimum Gasteiger partial charge on any atom is -0.493 e. The van der Waals surface area contributed by atoms with E-state index in [1.54, 1.807) is 24.3 Å². The van der Waals surface area contributed by atoms with Crippen molar-refractivity contribution in [2.24, 2.45) is 0 Å². The van der Waals surface area contributed by atoms with Gasteiger partial charge in [-0.3, -0.25) is 4.79 Å². The maximum absolute atomic E-state index is 12.2. The number of amides is 1. The molecule has 29 heavy (non-hydrogen) atoms. The molecule has 0 unspecified atom stereocenters. The zero-order valence-electron chi connectivity index (χ0n) is 16.9. The van der Waals surface area contributed by atoms with Crippen molar-refractivity contribution in [1.29, 1.82) is 0 Å². The van der Waals surface area contributed by atoms with Gasteiger partial charge in [-0.15, -0.1) is 0 Å². The molecule has 0 aliphatic heterocycles. The van der Waals surface area contributed by atoms with Crippen LogP contribution in [0.5, 0.6) is 17.5 Å². The number of hydrogen-bond acceptors (Lipinski definition) is 5. The van der Waals surface area contributed by atoms with Gasteiger partial charge in [-0.05, 0) is 56.2 Å². The summed E-state index contributed by atoms with van der Waals surface area (Å²) in [6, 6.07) is 17.2. The van der Waals surface area contributed by atoms with Crippen LogP contribution in [0.25, 0.3) is 0 Å². The van der Waals surface area contributed by atoms with Gasteiger partial charge in [0.1, 0.15) is 11.5 Å². The smallest absolute Gasteiger partial charge is 0.322 e. The van der Waals surface area contributed by atoms with Crippen LogP contribution in [0.3, 0.4) is 0 Å². The summed E-state index contributed by atoms with van der Waals surface area (Å²) in [5.74, 6) is 1.19. The number of hydrogen-bond donors (Lipinski definition) is 1. The molecule has 0 saturated heterocycles. The lowest BCUT2D eigenvalue weighted by Gasteiger charge is -2.10. The van der Waals surface area contributed by atoms with Crippen LogP contribution >= 0.6 is 0 Å². The van der Waals surface area contributed by atoms with Gasteiger partial charge in [0.2, 0.25) is 5.91 Å². The third kappa shape index (κ3) is 6.31. The van der Waals surface area contributed by atoms with E-state index in [1.807, 2.05) is 44.2 Å². The van der Waals surface area contributed by atoms with Crippen LogP contribution in [0.4, 0.5) is 5.69 Å². The molecule has 3 aromatic rings. The molecule has 0 spiro atoms. The Morgan fingerprint density at radius 1 is 0.966 bits per heavy atom. The first-order valence-corrected chi connectivity index (χ1v) is 9.63. The van der Waals surface area contributed by atoms with Crippen molar-refractivity contribution in [2.45, 2.75) is 33.6 Å². The van der Waals surface area contributed by atoms with Crippen molar-refractivity contribution >= 4 is 11.6 Å². The van der Waals surface area contributed by atoms with E-state index in [4.69, 9.17) is 9.47 Å². The molecule has 0 radical (unpaired) electrons. The van der Waals surface area contributed by atoms with Gasteiger partial charge in [0.15, 0.2) is 0 Å². The van der Waals surface area contributed by atoms with E-state index in [0.717, 1.165) is 23.6 Å². The molecule has 1 N–H and O–H groups in total. The maximum Gasteiger partial charge on any atom is 0.322 e. The Balaban J connectivity index is 1.51. The SMILES string of the molecule is CCc1ccc(OCCC(=O)Nc2cccc(Oc3nc(C)cc(C)n3)c2)cc1. The average Bonchev–Trinajstić information content (AvgIpc) is 2.68. The predicted molar refractivity (Wildman–Crippen MR) is 113 cm³/mol. The lowest BCUT2D eigenvalue weighted by atomic mass is 10.2. The standard InChI is InChI=1S/C23H25N3O3/c1-4-18-8-10-20(11-9-18)28-13-12-22(27)26-19-6-5-7-21(15-19)29-23-24-16(2)14-17(3)25-23/h5-11,14-15H,4,12-13H2,1-3H3,(H,26,27). The highest BCUT2D eigenvalue weighted by Gasteiger charge is 2.07. The predicted octanol–water partition coefficient (Wildman–Crippen LogP) is 4.86. The summed E-state index contributed by atoms with van der Waals surface area (Å²) >= 11 is 0. The first-order valence-electron chi connectivity index (χ1n) is 9.63. The van der Waals surface area contributed by atoms with E-state index in [2.05, 4.69) is 22.2 Å². The van der Waals surface area contributed by atoms with Gasteiger partial charge in [-0.1, -0.05) is 25.1 Å². The molecule has 6 heteroatoms. The average molecular weight is 391 g/mol. The topological polar surface area (TPSA) is 73.3 Å². The van der Waals surface area contributed by atoms with Gasteiger partial charge >= 0.3 is 6.01 Å². The van der Waals surface area contributed by atoms with Crippen LogP contribution in [-0.2, 0) is 11.2 Å². The van der Waals surface area contributed by atoms with Crippen molar-refractivity contribution < 1.29 is 14.3 Å². The molecule has 3 rings (SSSR count). The molecule has 0 aliphatic rings. The number of rotatable bonds is 8. The summed E-state index contributed by atoms with van der Waals surface area (Å²) in [5.41, 5.74) is 3.56. The number of aryl methyl sites for hydroxylation is 3. The fraction of sp³-hybridized carbons (Fsp3) is 0.261. The largest absolute Gasteiger partial charge is 0.493 e. The Kier molecular flexibility index (Phi) is 6.79. The highest BCUT2D eigenvalue weighted by molar-refractivity contribution is 5.90. The number of ether oxygens (including phenoxy) is 2. The van der Waals surface area contributed by atoms with Crippen LogP contribution in [0.15, 0.2) is 54.6 Å². The van der Waals surface area contributed by atoms with Gasteiger partial charge in [0, 0.05) is 23.1 Å². The minimum absolute atomic E-state index is 0.130. The van der Waals surface area contributed by atoms with Crippen molar-refractivity contribution in [3.8, 4) is 17.5 Å². The normalized spacial score (nSPS) is 10.4. The van der Waals surface area contributed by atoms with Crippen molar-refractivity contribution in [3.05, 3.63) is 71.5 Å². The highest BCUT2D eigenvalue weighted by Crippen LogP contribution is 2.22. The van der Waals surface area contributed by atoms with Gasteiger partial charge in [0.25, 0.3) is 0 Å². The van der Waals surface area contributed by atoms with E-state index < -0.39 is 0 Å². The lowest BCUT2D eigenvalue weighted by Crippen LogP contribution is -2.15. The quantitative estimate of drug-likeness (QED) is 0.594. The Morgan fingerprint density at radius 3 is 2.38 bits per heavy atom. The third-order valence-corrected chi connectivity index (χ3v) is 4.22. The van der Waals surface area contributed by atoms with Crippen LogP contribution in [0.2, 0.25) is 0 Å². The molecule has 0 fully saturated rings. The summed E-state index contributed by atoms with van der Waals surface area (Å²) in [5, 5.41) is 2.86. The highest BCUT2D eigenvalue weighted by atomic mass is 16.5. The molecule has 2 aromatic carbocycles. The molecule has 6 nitrogen and oxygen atoms in total. The zero-order chi connectivity index (χ0) is 20.6. The lowest BCUT2D eigenvalue weighted by molar-refractivity contribution is -0.116. The molecule has 0 atom stereocenters. The van der Waals surface area contributed by atoms with Crippen LogP contribution in [-0.4, -0.2) is 22.5 Å². The molecule has 0 saturated carbocycles. The van der Waals surface area contributed by atoms with E-state index in [1.165, 1.54) is 5.56 Å². The molecule has 0 bridgehead atoms. The van der Waals surface area contributed by atoms with Crippen molar-refractivity contribution in [1.82, 2.24) is 9.97 Å². The van der Waals surface area contributed by atoms with Crippen LogP contribution in [0, 0.1) is 13.8 Å². The van der Waals surface area contributed by atoms with Crippen LogP contribution < -0.4 is 14.8 Å². The molecular weight excluding hydrogens is 366 g/mol. The van der Waals surface area contributed by atoms with E-state index in [0.29, 0.717) is 18.0 Å². The number of carbonyl (C=O) groups excluding carboxylic acids is 1. The fourth-order valence-corrected chi connectivity index (χ4v) is 2.79. The summed E-state index contributed by atoms with van der Waals surface area (Å²) in [6.45, 7) is 6.19. The number of carbonyl (C=O) groups is 1. The van der Waals surface area contributed by atoms with Gasteiger partial charge in [-0.2, -0.15) is 0 Å². The Labute approximate surface area is 170 Å². The van der Waals surface area contributed by atoms with Gasteiger partial charge < -0.3 is 14.8 Å². The summed E-state index contributed by atoms with van der Waals surface area (Å²) in [4.78, 5) is 20.7. The Morgan fingerprint density at radius 2 is 1.69 bits per heavy atom. The second-order valence-corrected chi connectivity index (χ2v) is 6.71. The van der Waals surface area contributed by atoms with E-state index in [-0.39, 0.29) is 18.3 Å². The Bertz CT molecular complexity index is 951. The first kappa shape index (κ1) is 20.3. The number of benzene rings is 2. The Hall–Kier alpha value is -3.41. The van der Waals surface area contributed by atoms with Crippen LogP contribution in [0.1, 0.15) is 30.3 Å². The van der Waals surface area contributed by atoms with E-state index in [9.17, 15) is 4.79 Å². The monoisotopic (exact) mass is 391 g/mol. The second kappa shape index (κ2) is 9.68. The van der Waals surface area contributed by atoms with Gasteiger partial charge in [0.05, 0.1) is 13.0 Å². The molecule has 0 aliphatic carbocycles. The number of nitrogens with zero attached hydrogens (tertiary/aromatic N) is 2. The summed E-state index contributed by atoms with van der Waals surface area (Å²) < 4.78 is 11.4. The third-order valence-electron chi connectivity index (χ3n) is 4.22. The number of nitrogens with one attached hydrogen (secondary N) is 1. The number of anilines is 1. The van der Waals surface area contributed by atoms with Gasteiger partial charge in [-0.25, -0.2) is 9.97 Å². The molecule has 1 aromatic heterocycles. The summed E-state index contributed by atoms with van der Waals surface area (Å²) in [6.07, 6.45) is 1.24. The first-order chi connectivity index (χ1) is 14.0. The maximum atomic E-state index is 12.2. The number of aromatic nitrogens is 2. The molecule has 150 valence electrons. The van der Waals surface area contributed by atoms with E-state index >= 15 is 0 Å². The fourth-order valence-electron chi connectivity index (χ4n) is 2.79. The molecular formula is C23H25N3O3. The minimum atomic E-state index is -0.130. The molecule has 1 amide bonds. The zero-order valence-corrected chi connectivity index (χ0v) is 16.9. The summed E-state index contributed by atoms with van der Waals surface area (Å²) in [7, 11) is 0. The van der Waals surface area contributed by atoms with Crippen molar-refractivity contribution in [2.75, 3.05) is 11.9 Å². The second-order valence-electron chi connectivity index (χ2n) is 6.71.